The Bertz CT molecular complexity index is 1170. The second-order valence-corrected chi connectivity index (χ2v) is 11.2. The number of aliphatic imine (C=N–C) groups is 3. The topological polar surface area (TPSA) is 125 Å². The lowest BCUT2D eigenvalue weighted by atomic mass is 10.3. The molecule has 0 atom stereocenters. The van der Waals surface area contributed by atoms with Crippen LogP contribution >= 0.6 is 45.1 Å². The van der Waals surface area contributed by atoms with Gasteiger partial charge in [-0.1, -0.05) is 36.4 Å². The number of halogens is 3. The van der Waals surface area contributed by atoms with E-state index in [1.165, 1.54) is 0 Å². The second kappa shape index (κ2) is 16.8. The summed E-state index contributed by atoms with van der Waals surface area (Å²) in [5, 5.41) is 3.35. The van der Waals surface area contributed by atoms with Crippen LogP contribution in [0.1, 0.15) is 0 Å². The van der Waals surface area contributed by atoms with Crippen LogP contribution < -0.4 is 33.1 Å². The summed E-state index contributed by atoms with van der Waals surface area (Å²) in [4.78, 5) is 19.1. The van der Waals surface area contributed by atoms with E-state index in [9.17, 15) is 0 Å². The van der Waals surface area contributed by atoms with Crippen molar-refractivity contribution < 1.29 is 0 Å². The molecule has 13 heteroatoms. The normalized spacial score (nSPS) is 12.3. The molecule has 218 valence electrons. The molecule has 6 N–H and O–H groups in total. The van der Waals surface area contributed by atoms with Gasteiger partial charge in [0, 0.05) is 42.3 Å². The van der Waals surface area contributed by atoms with Gasteiger partial charge in [0.2, 0.25) is 0 Å². The monoisotopic (exact) mass is 625 g/mol. The zero-order valence-electron chi connectivity index (χ0n) is 23.5. The third kappa shape index (κ3) is 10.1. The number of benzene rings is 3. The smallest absolute Gasteiger partial charge is 0.195 e. The number of guanidine groups is 3. The Morgan fingerprint density at radius 2 is 0.750 bits per heavy atom. The Morgan fingerprint density at radius 1 is 0.500 bits per heavy atom. The van der Waals surface area contributed by atoms with Crippen LogP contribution in [0.3, 0.4) is 0 Å². The maximum atomic E-state index is 6.10. The molecular weight excluding hydrogens is 588 g/mol. The van der Waals surface area contributed by atoms with E-state index in [0.717, 1.165) is 33.0 Å². The van der Waals surface area contributed by atoms with Gasteiger partial charge in [-0.2, -0.15) is 0 Å². The molecule has 0 aliphatic carbocycles. The second-order valence-electron chi connectivity index (χ2n) is 8.99. The fourth-order valence-corrected chi connectivity index (χ4v) is 5.63. The van der Waals surface area contributed by atoms with Crippen molar-refractivity contribution in [1.29, 1.82) is 0 Å². The van der Waals surface area contributed by atoms with Crippen LogP contribution in [0.2, 0.25) is 0 Å². The SMILES string of the molecule is CN(C)C(N)=Nc1cccc(P(c2cccc(N=C(N)N(C)C)c2)c2cccc(N=C(N)N(C)C)c2)c1.Cl.Cl.Cl. The van der Waals surface area contributed by atoms with Gasteiger partial charge >= 0.3 is 0 Å². The Labute approximate surface area is 257 Å². The number of nitrogens with two attached hydrogens (primary N) is 3. The molecule has 0 unspecified atom stereocenters. The predicted molar refractivity (Wildman–Crippen MR) is 182 cm³/mol. The maximum absolute atomic E-state index is 6.10. The first-order chi connectivity index (χ1) is 17.5. The Balaban J connectivity index is 0.00000507. The average Bonchev–Trinajstić information content (AvgIpc) is 2.84. The summed E-state index contributed by atoms with van der Waals surface area (Å²) < 4.78 is 0. The number of hydrogen-bond acceptors (Lipinski definition) is 3. The first-order valence-electron chi connectivity index (χ1n) is 11.7. The minimum absolute atomic E-state index is 0. The number of hydrogen-bond donors (Lipinski definition) is 3. The summed E-state index contributed by atoms with van der Waals surface area (Å²) in [6.07, 6.45) is 0. The van der Waals surface area contributed by atoms with E-state index < -0.39 is 7.92 Å². The highest BCUT2D eigenvalue weighted by atomic mass is 35.5. The van der Waals surface area contributed by atoms with Gasteiger partial charge in [-0.05, 0) is 60.2 Å². The molecule has 3 rings (SSSR count). The molecule has 0 saturated carbocycles. The van der Waals surface area contributed by atoms with Crippen molar-refractivity contribution in [3.05, 3.63) is 72.8 Å². The molecule has 3 aromatic carbocycles. The van der Waals surface area contributed by atoms with Gasteiger partial charge in [0.1, 0.15) is 0 Å². The standard InChI is InChI=1S/C27H36N9P.3ClH/c1-34(2)25(28)31-19-10-7-13-22(16-19)37(23-14-8-11-20(17-23)32-26(29)35(3)4)24-15-9-12-21(18-24)33-27(30)36(5)6;;;/h7-18H,1-6H3,(H2,28,31)(H2,29,32)(H2,30,33);3*1H. The highest BCUT2D eigenvalue weighted by Crippen LogP contribution is 2.36. The largest absolute Gasteiger partial charge is 0.370 e. The number of rotatable bonds is 6. The summed E-state index contributed by atoms with van der Waals surface area (Å²) in [5.74, 6) is 1.31. The Morgan fingerprint density at radius 3 is 0.975 bits per heavy atom. The van der Waals surface area contributed by atoms with E-state index in [2.05, 4.69) is 51.4 Å². The fourth-order valence-electron chi connectivity index (χ4n) is 3.25. The van der Waals surface area contributed by atoms with Crippen molar-refractivity contribution in [2.75, 3.05) is 42.3 Å². The van der Waals surface area contributed by atoms with Crippen molar-refractivity contribution in [3.63, 3.8) is 0 Å². The molecule has 0 bridgehead atoms. The van der Waals surface area contributed by atoms with E-state index in [1.54, 1.807) is 14.7 Å². The predicted octanol–water partition coefficient (Wildman–Crippen LogP) is 3.23. The molecule has 0 amide bonds. The molecule has 0 heterocycles. The third-order valence-corrected chi connectivity index (χ3v) is 7.75. The van der Waals surface area contributed by atoms with Gasteiger partial charge in [0.25, 0.3) is 0 Å². The third-order valence-electron chi connectivity index (χ3n) is 5.37. The lowest BCUT2D eigenvalue weighted by Crippen LogP contribution is -2.30. The average molecular weight is 627 g/mol. The molecule has 0 aliphatic rings. The van der Waals surface area contributed by atoms with E-state index in [0.29, 0.717) is 17.9 Å². The summed E-state index contributed by atoms with van der Waals surface area (Å²) >= 11 is 0. The highest BCUT2D eigenvalue weighted by molar-refractivity contribution is 7.79. The quantitative estimate of drug-likeness (QED) is 0.219. The zero-order valence-corrected chi connectivity index (χ0v) is 26.9. The van der Waals surface area contributed by atoms with Crippen molar-refractivity contribution in [2.45, 2.75) is 0 Å². The first kappa shape index (κ1) is 36.8. The van der Waals surface area contributed by atoms with Gasteiger partial charge < -0.3 is 31.9 Å². The lowest BCUT2D eigenvalue weighted by molar-refractivity contribution is 0.615. The molecule has 0 aromatic heterocycles. The summed E-state index contributed by atoms with van der Waals surface area (Å²) in [7, 11) is 10.2. The molecule has 0 radical (unpaired) electrons. The van der Waals surface area contributed by atoms with Crippen LogP contribution in [0.5, 0.6) is 0 Å². The van der Waals surface area contributed by atoms with Crippen LogP contribution in [-0.4, -0.2) is 74.9 Å². The molecule has 0 aliphatic heterocycles. The van der Waals surface area contributed by atoms with Crippen molar-refractivity contribution in [2.24, 2.45) is 32.2 Å². The van der Waals surface area contributed by atoms with Crippen LogP contribution in [-0.2, 0) is 0 Å². The van der Waals surface area contributed by atoms with E-state index >= 15 is 0 Å². The first-order valence-corrected chi connectivity index (χ1v) is 13.0. The molecule has 9 nitrogen and oxygen atoms in total. The van der Waals surface area contributed by atoms with Crippen molar-refractivity contribution >= 4 is 96.0 Å². The van der Waals surface area contributed by atoms with Crippen LogP contribution in [0, 0.1) is 0 Å². The van der Waals surface area contributed by atoms with E-state index in [4.69, 9.17) is 17.2 Å². The van der Waals surface area contributed by atoms with Gasteiger partial charge in [-0.3, -0.25) is 0 Å². The minimum Gasteiger partial charge on any atom is -0.370 e. The van der Waals surface area contributed by atoms with Crippen LogP contribution in [0.25, 0.3) is 0 Å². The van der Waals surface area contributed by atoms with Crippen LogP contribution in [0.15, 0.2) is 87.8 Å². The minimum atomic E-state index is -0.987. The molecule has 0 spiro atoms. The maximum Gasteiger partial charge on any atom is 0.195 e. The molecule has 3 aromatic rings. The van der Waals surface area contributed by atoms with Crippen molar-refractivity contribution in [1.82, 2.24) is 14.7 Å². The summed E-state index contributed by atoms with van der Waals surface area (Å²) in [5.41, 5.74) is 20.7. The molecular formula is C27H39Cl3N9P. The number of nitrogens with zero attached hydrogens (tertiary/aromatic N) is 6. The van der Waals surface area contributed by atoms with Gasteiger partial charge in [0.05, 0.1) is 17.1 Å². The van der Waals surface area contributed by atoms with Gasteiger partial charge in [0.15, 0.2) is 17.9 Å². The highest BCUT2D eigenvalue weighted by Gasteiger charge is 2.18. The van der Waals surface area contributed by atoms with E-state index in [-0.39, 0.29) is 37.2 Å². The molecule has 0 fully saturated rings. The lowest BCUT2D eigenvalue weighted by Gasteiger charge is -2.21. The summed E-state index contributed by atoms with van der Waals surface area (Å²) in [6.45, 7) is 0. The van der Waals surface area contributed by atoms with E-state index in [1.807, 2.05) is 78.7 Å². The molecule has 0 saturated heterocycles. The molecule has 40 heavy (non-hydrogen) atoms. The Kier molecular flexibility index (Phi) is 15.4. The van der Waals surface area contributed by atoms with Crippen molar-refractivity contribution in [3.8, 4) is 0 Å². The van der Waals surface area contributed by atoms with Crippen LogP contribution in [0.4, 0.5) is 17.1 Å². The Hall–Kier alpha value is -3.23. The van der Waals surface area contributed by atoms with Gasteiger partial charge in [-0.25, -0.2) is 15.0 Å². The fraction of sp³-hybridized carbons (Fsp3) is 0.222. The van der Waals surface area contributed by atoms with Gasteiger partial charge in [-0.15, -0.1) is 37.2 Å². The summed E-state index contributed by atoms with van der Waals surface area (Å²) in [6, 6.07) is 24.4. The zero-order chi connectivity index (χ0) is 27.1.